The molecule has 8 heteroatoms. The van der Waals surface area contributed by atoms with Gasteiger partial charge in [0.2, 0.25) is 5.65 Å². The van der Waals surface area contributed by atoms with E-state index in [1.54, 1.807) is 30.7 Å². The number of hydrogen-bond donors (Lipinski definition) is 1. The number of rotatable bonds is 3. The lowest BCUT2D eigenvalue weighted by atomic mass is 10.2. The molecule has 24 heavy (non-hydrogen) atoms. The second-order valence-corrected chi connectivity index (χ2v) is 5.79. The van der Waals surface area contributed by atoms with Gasteiger partial charge in [-0.3, -0.25) is 9.83 Å². The minimum Gasteiger partial charge on any atom is -0.277 e. The van der Waals surface area contributed by atoms with Crippen LogP contribution in [-0.4, -0.2) is 25.8 Å². The fourth-order valence-electron chi connectivity index (χ4n) is 2.37. The lowest BCUT2D eigenvalue weighted by Gasteiger charge is -2.06. The molecular weight excluding hydrogens is 347 g/mol. The van der Waals surface area contributed by atoms with Crippen molar-refractivity contribution in [1.29, 1.82) is 0 Å². The van der Waals surface area contributed by atoms with Crippen molar-refractivity contribution in [2.75, 3.05) is 5.43 Å². The van der Waals surface area contributed by atoms with Gasteiger partial charge in [0.25, 0.3) is 0 Å². The van der Waals surface area contributed by atoms with Crippen molar-refractivity contribution >= 4 is 51.9 Å². The molecule has 4 rings (SSSR count). The fraction of sp³-hybridized carbons (Fsp3) is 0. The number of nitrogens with zero attached hydrogens (tertiary/aromatic N) is 5. The zero-order valence-electron chi connectivity index (χ0n) is 12.2. The summed E-state index contributed by atoms with van der Waals surface area (Å²) in [5.41, 5.74) is 5.82. The smallest absolute Gasteiger partial charge is 0.205 e. The summed E-state index contributed by atoms with van der Waals surface area (Å²) in [7, 11) is 0. The SMILES string of the molecule is Clc1cccc(Cl)c1/C=N/Nc1nc2ccccc2n2cnnc12. The Morgan fingerprint density at radius 2 is 1.83 bits per heavy atom. The van der Waals surface area contributed by atoms with Gasteiger partial charge < -0.3 is 0 Å². The zero-order chi connectivity index (χ0) is 16.5. The molecule has 0 unspecified atom stereocenters. The summed E-state index contributed by atoms with van der Waals surface area (Å²) < 4.78 is 1.85. The second kappa shape index (κ2) is 6.07. The number of para-hydroxylation sites is 2. The van der Waals surface area contributed by atoms with Crippen LogP contribution < -0.4 is 5.43 Å². The van der Waals surface area contributed by atoms with Crippen LogP contribution in [0.5, 0.6) is 0 Å². The van der Waals surface area contributed by atoms with Crippen LogP contribution in [0.25, 0.3) is 16.7 Å². The lowest BCUT2D eigenvalue weighted by Crippen LogP contribution is -2.00. The Labute approximate surface area is 146 Å². The van der Waals surface area contributed by atoms with Crippen LogP contribution in [0.4, 0.5) is 5.82 Å². The summed E-state index contributed by atoms with van der Waals surface area (Å²) in [5.74, 6) is 0.491. The fourth-order valence-corrected chi connectivity index (χ4v) is 2.87. The Morgan fingerprint density at radius 3 is 2.67 bits per heavy atom. The van der Waals surface area contributed by atoms with Gasteiger partial charge in [-0.25, -0.2) is 4.98 Å². The van der Waals surface area contributed by atoms with Crippen LogP contribution in [0.15, 0.2) is 53.9 Å². The van der Waals surface area contributed by atoms with E-state index in [0.29, 0.717) is 27.1 Å². The van der Waals surface area contributed by atoms with E-state index in [9.17, 15) is 0 Å². The number of fused-ring (bicyclic) bond motifs is 3. The maximum Gasteiger partial charge on any atom is 0.205 e. The Morgan fingerprint density at radius 1 is 1.04 bits per heavy atom. The number of benzene rings is 2. The van der Waals surface area contributed by atoms with Crippen LogP contribution in [0, 0.1) is 0 Å². The van der Waals surface area contributed by atoms with Crippen LogP contribution >= 0.6 is 23.2 Å². The molecule has 0 saturated heterocycles. The average molecular weight is 357 g/mol. The number of hydrazone groups is 1. The van der Waals surface area contributed by atoms with Crippen molar-refractivity contribution in [3.05, 3.63) is 64.4 Å². The molecular formula is C16H10Cl2N6. The molecule has 2 aromatic carbocycles. The zero-order valence-corrected chi connectivity index (χ0v) is 13.7. The molecule has 6 nitrogen and oxygen atoms in total. The Hall–Kier alpha value is -2.70. The Balaban J connectivity index is 1.74. The molecule has 4 aromatic rings. The predicted molar refractivity (Wildman–Crippen MR) is 96.0 cm³/mol. The quantitative estimate of drug-likeness (QED) is 0.444. The predicted octanol–water partition coefficient (Wildman–Crippen LogP) is 4.03. The first-order chi connectivity index (χ1) is 11.7. The van der Waals surface area contributed by atoms with Gasteiger partial charge in [-0.15, -0.1) is 10.2 Å². The first-order valence-corrected chi connectivity index (χ1v) is 7.81. The number of hydrogen-bond acceptors (Lipinski definition) is 5. The molecule has 0 aliphatic rings. The number of anilines is 1. The summed E-state index contributed by atoms with van der Waals surface area (Å²) in [5, 5.41) is 13.3. The third-order valence-electron chi connectivity index (χ3n) is 3.50. The van der Waals surface area contributed by atoms with Gasteiger partial charge in [-0.2, -0.15) is 5.10 Å². The van der Waals surface area contributed by atoms with Crippen LogP contribution in [-0.2, 0) is 0 Å². The van der Waals surface area contributed by atoms with Crippen LogP contribution in [0.3, 0.4) is 0 Å². The summed E-state index contributed by atoms with van der Waals surface area (Å²) in [6, 6.07) is 13.0. The topological polar surface area (TPSA) is 67.5 Å². The highest BCUT2D eigenvalue weighted by Gasteiger charge is 2.09. The summed E-state index contributed by atoms with van der Waals surface area (Å²) >= 11 is 12.2. The molecule has 0 spiro atoms. The summed E-state index contributed by atoms with van der Waals surface area (Å²) in [6.45, 7) is 0. The van der Waals surface area contributed by atoms with E-state index < -0.39 is 0 Å². The maximum atomic E-state index is 6.12. The summed E-state index contributed by atoms with van der Waals surface area (Å²) in [4.78, 5) is 4.54. The number of halogens is 2. The lowest BCUT2D eigenvalue weighted by molar-refractivity contribution is 1.11. The largest absolute Gasteiger partial charge is 0.277 e. The highest BCUT2D eigenvalue weighted by molar-refractivity contribution is 6.38. The number of aromatic nitrogens is 4. The molecule has 0 saturated carbocycles. The molecule has 0 bridgehead atoms. The van der Waals surface area contributed by atoms with Gasteiger partial charge >= 0.3 is 0 Å². The normalized spacial score (nSPS) is 11.6. The highest BCUT2D eigenvalue weighted by atomic mass is 35.5. The second-order valence-electron chi connectivity index (χ2n) is 4.98. The van der Waals surface area contributed by atoms with Crippen molar-refractivity contribution in [2.24, 2.45) is 5.10 Å². The monoisotopic (exact) mass is 356 g/mol. The van der Waals surface area contributed by atoms with Crippen molar-refractivity contribution < 1.29 is 0 Å². The van der Waals surface area contributed by atoms with Crippen molar-refractivity contribution in [2.45, 2.75) is 0 Å². The minimum absolute atomic E-state index is 0.491. The van der Waals surface area contributed by atoms with E-state index in [1.165, 1.54) is 0 Å². The van der Waals surface area contributed by atoms with E-state index in [2.05, 4.69) is 25.7 Å². The first kappa shape index (κ1) is 14.9. The standard InChI is InChI=1S/C16H10Cl2N6/c17-11-4-3-5-12(18)10(11)8-19-22-15-16-23-20-9-24(16)14-7-2-1-6-13(14)21-15/h1-9H,(H,21,22)/b19-8+. The third-order valence-corrected chi connectivity index (χ3v) is 4.16. The Kier molecular flexibility index (Phi) is 3.76. The molecule has 2 heterocycles. The molecule has 0 radical (unpaired) electrons. The van der Waals surface area contributed by atoms with E-state index in [1.807, 2.05) is 28.7 Å². The van der Waals surface area contributed by atoms with Crippen molar-refractivity contribution in [3.63, 3.8) is 0 Å². The van der Waals surface area contributed by atoms with Gasteiger partial charge in [0.05, 0.1) is 27.3 Å². The highest BCUT2D eigenvalue weighted by Crippen LogP contribution is 2.23. The van der Waals surface area contributed by atoms with Crippen LogP contribution in [0.2, 0.25) is 10.0 Å². The molecule has 0 fully saturated rings. The molecule has 0 aliphatic heterocycles. The Bertz CT molecular complexity index is 1050. The van der Waals surface area contributed by atoms with E-state index >= 15 is 0 Å². The molecule has 1 N–H and O–H groups in total. The average Bonchev–Trinajstić information content (AvgIpc) is 3.08. The molecule has 0 atom stereocenters. The van der Waals surface area contributed by atoms with Gasteiger partial charge in [0, 0.05) is 5.56 Å². The van der Waals surface area contributed by atoms with E-state index in [4.69, 9.17) is 23.2 Å². The maximum absolute atomic E-state index is 6.12. The minimum atomic E-state index is 0.491. The summed E-state index contributed by atoms with van der Waals surface area (Å²) in [6.07, 6.45) is 3.19. The third kappa shape index (κ3) is 2.55. The van der Waals surface area contributed by atoms with Crippen LogP contribution in [0.1, 0.15) is 5.56 Å². The number of nitrogens with one attached hydrogen (secondary N) is 1. The van der Waals surface area contributed by atoms with Gasteiger partial charge in [-0.1, -0.05) is 41.4 Å². The molecule has 2 aromatic heterocycles. The first-order valence-electron chi connectivity index (χ1n) is 7.05. The molecule has 0 amide bonds. The van der Waals surface area contributed by atoms with Crippen molar-refractivity contribution in [3.8, 4) is 0 Å². The molecule has 0 aliphatic carbocycles. The van der Waals surface area contributed by atoms with E-state index in [-0.39, 0.29) is 0 Å². The van der Waals surface area contributed by atoms with Crippen molar-refractivity contribution in [1.82, 2.24) is 19.6 Å². The van der Waals surface area contributed by atoms with E-state index in [0.717, 1.165) is 11.0 Å². The van der Waals surface area contributed by atoms with Gasteiger partial charge in [0.15, 0.2) is 5.82 Å². The molecule has 118 valence electrons. The van der Waals surface area contributed by atoms with Gasteiger partial charge in [0.1, 0.15) is 6.33 Å². The van der Waals surface area contributed by atoms with Gasteiger partial charge in [-0.05, 0) is 24.3 Å².